The summed E-state index contributed by atoms with van der Waals surface area (Å²) in [6, 6.07) is 6.15. The number of thioether (sulfide) groups is 1. The van der Waals surface area contributed by atoms with Gasteiger partial charge in [-0.25, -0.2) is 0 Å². The van der Waals surface area contributed by atoms with Gasteiger partial charge in [0.2, 0.25) is 0 Å². The van der Waals surface area contributed by atoms with E-state index in [1.165, 1.54) is 10.5 Å². The van der Waals surface area contributed by atoms with E-state index in [2.05, 4.69) is 31.3 Å². The van der Waals surface area contributed by atoms with Crippen molar-refractivity contribution in [1.29, 1.82) is 0 Å². The minimum atomic E-state index is 0.671. The molecule has 0 aromatic heterocycles. The maximum absolute atomic E-state index is 6.08. The number of ether oxygens (including phenoxy) is 1. The molecule has 1 aromatic rings. The average Bonchev–Trinajstić information content (AvgIpc) is 2.36. The van der Waals surface area contributed by atoms with E-state index in [0.717, 1.165) is 36.9 Å². The fourth-order valence-electron chi connectivity index (χ4n) is 1.69. The quantitative estimate of drug-likeness (QED) is 0.545. The van der Waals surface area contributed by atoms with Crippen molar-refractivity contribution in [1.82, 2.24) is 5.32 Å². The van der Waals surface area contributed by atoms with E-state index in [1.807, 2.05) is 17.8 Å². The third-order valence-electron chi connectivity index (χ3n) is 2.65. The van der Waals surface area contributed by atoms with Gasteiger partial charge in [0.1, 0.15) is 0 Å². The maximum Gasteiger partial charge on any atom is 0.0470 e. The summed E-state index contributed by atoms with van der Waals surface area (Å²) in [6.45, 7) is 7.19. The van der Waals surface area contributed by atoms with Crippen molar-refractivity contribution in [2.45, 2.75) is 31.7 Å². The minimum Gasteiger partial charge on any atom is -0.385 e. The van der Waals surface area contributed by atoms with Gasteiger partial charge in [0, 0.05) is 35.9 Å². The van der Waals surface area contributed by atoms with E-state index in [4.69, 9.17) is 16.3 Å². The summed E-state index contributed by atoms with van der Waals surface area (Å²) < 4.78 is 5.07. The smallest absolute Gasteiger partial charge is 0.0470 e. The van der Waals surface area contributed by atoms with E-state index in [9.17, 15) is 0 Å². The predicted octanol–water partition coefficient (Wildman–Crippen LogP) is 4.21. The second-order valence-corrected chi connectivity index (χ2v) is 6.54. The Balaban J connectivity index is 2.53. The molecule has 0 spiro atoms. The molecule has 0 saturated carbocycles. The number of halogens is 1. The Morgan fingerprint density at radius 3 is 2.84 bits per heavy atom. The standard InChI is InChI=1S/C15H24ClNOS/c1-12(2)10-17-11-13-5-6-14(16)9-15(13)19-8-4-7-18-3/h5-6,9,12,17H,4,7-8,10-11H2,1-3H3. The van der Waals surface area contributed by atoms with Crippen molar-refractivity contribution in [3.63, 3.8) is 0 Å². The summed E-state index contributed by atoms with van der Waals surface area (Å²) in [5.74, 6) is 1.73. The molecular formula is C15H24ClNOS. The first kappa shape index (κ1) is 16.8. The fourth-order valence-corrected chi connectivity index (χ4v) is 2.94. The SMILES string of the molecule is COCCCSc1cc(Cl)ccc1CNCC(C)C. The van der Waals surface area contributed by atoms with E-state index < -0.39 is 0 Å². The second-order valence-electron chi connectivity index (χ2n) is 4.97. The molecule has 1 aromatic carbocycles. The van der Waals surface area contributed by atoms with Gasteiger partial charge in [-0.15, -0.1) is 11.8 Å². The molecule has 1 rings (SSSR count). The van der Waals surface area contributed by atoms with E-state index in [-0.39, 0.29) is 0 Å². The Kier molecular flexibility index (Phi) is 8.55. The summed E-state index contributed by atoms with van der Waals surface area (Å²) >= 11 is 7.94. The fraction of sp³-hybridized carbons (Fsp3) is 0.600. The second kappa shape index (κ2) is 9.65. The molecule has 0 bridgehead atoms. The van der Waals surface area contributed by atoms with Crippen molar-refractivity contribution in [3.05, 3.63) is 28.8 Å². The number of methoxy groups -OCH3 is 1. The first-order valence-electron chi connectivity index (χ1n) is 6.74. The first-order chi connectivity index (χ1) is 9.13. The number of hydrogen-bond acceptors (Lipinski definition) is 3. The summed E-state index contributed by atoms with van der Waals surface area (Å²) in [5, 5.41) is 4.29. The van der Waals surface area contributed by atoms with Gasteiger partial charge < -0.3 is 10.1 Å². The lowest BCUT2D eigenvalue weighted by atomic mass is 10.2. The Morgan fingerprint density at radius 2 is 2.16 bits per heavy atom. The largest absolute Gasteiger partial charge is 0.385 e. The number of benzene rings is 1. The Labute approximate surface area is 126 Å². The lowest BCUT2D eigenvalue weighted by Crippen LogP contribution is -2.19. The van der Waals surface area contributed by atoms with Crippen LogP contribution in [0.5, 0.6) is 0 Å². The molecule has 0 saturated heterocycles. The lowest BCUT2D eigenvalue weighted by molar-refractivity contribution is 0.200. The monoisotopic (exact) mass is 301 g/mol. The number of hydrogen-bond donors (Lipinski definition) is 1. The summed E-state index contributed by atoms with van der Waals surface area (Å²) in [7, 11) is 1.74. The van der Waals surface area contributed by atoms with Crippen LogP contribution in [-0.4, -0.2) is 26.0 Å². The number of rotatable bonds is 9. The topological polar surface area (TPSA) is 21.3 Å². The third-order valence-corrected chi connectivity index (χ3v) is 4.07. The van der Waals surface area contributed by atoms with Crippen LogP contribution < -0.4 is 5.32 Å². The first-order valence-corrected chi connectivity index (χ1v) is 8.10. The van der Waals surface area contributed by atoms with Crippen molar-refractivity contribution >= 4 is 23.4 Å². The summed E-state index contributed by atoms with van der Waals surface area (Å²) in [6.07, 6.45) is 1.06. The van der Waals surface area contributed by atoms with Gasteiger partial charge in [-0.2, -0.15) is 0 Å². The minimum absolute atomic E-state index is 0.671. The normalized spacial score (nSPS) is 11.2. The predicted molar refractivity (Wildman–Crippen MR) is 85.2 cm³/mol. The van der Waals surface area contributed by atoms with Crippen LogP contribution in [0.25, 0.3) is 0 Å². The van der Waals surface area contributed by atoms with E-state index >= 15 is 0 Å². The summed E-state index contributed by atoms with van der Waals surface area (Å²) in [5.41, 5.74) is 1.33. The highest BCUT2D eigenvalue weighted by Gasteiger charge is 2.05. The van der Waals surface area contributed by atoms with Gasteiger partial charge in [-0.05, 0) is 36.6 Å². The van der Waals surface area contributed by atoms with Crippen molar-refractivity contribution in [2.75, 3.05) is 26.0 Å². The molecule has 108 valence electrons. The molecule has 19 heavy (non-hydrogen) atoms. The lowest BCUT2D eigenvalue weighted by Gasteiger charge is -2.12. The molecule has 0 aliphatic rings. The van der Waals surface area contributed by atoms with Crippen LogP contribution >= 0.6 is 23.4 Å². The van der Waals surface area contributed by atoms with Crippen LogP contribution in [0.3, 0.4) is 0 Å². The van der Waals surface area contributed by atoms with Gasteiger partial charge in [0.05, 0.1) is 0 Å². The molecule has 0 radical (unpaired) electrons. The van der Waals surface area contributed by atoms with Crippen molar-refractivity contribution in [3.8, 4) is 0 Å². The molecule has 0 fully saturated rings. The highest BCUT2D eigenvalue weighted by Crippen LogP contribution is 2.26. The molecular weight excluding hydrogens is 278 g/mol. The molecule has 0 aliphatic carbocycles. The Hall–Kier alpha value is -0.220. The zero-order chi connectivity index (χ0) is 14.1. The van der Waals surface area contributed by atoms with Gasteiger partial charge in [-0.1, -0.05) is 31.5 Å². The zero-order valence-electron chi connectivity index (χ0n) is 12.0. The van der Waals surface area contributed by atoms with Gasteiger partial charge in [-0.3, -0.25) is 0 Å². The molecule has 0 amide bonds. The highest BCUT2D eigenvalue weighted by atomic mass is 35.5. The average molecular weight is 302 g/mol. The molecule has 0 unspecified atom stereocenters. The number of nitrogens with one attached hydrogen (secondary N) is 1. The maximum atomic E-state index is 6.08. The van der Waals surface area contributed by atoms with E-state index in [1.54, 1.807) is 7.11 Å². The molecule has 4 heteroatoms. The van der Waals surface area contributed by atoms with Crippen molar-refractivity contribution < 1.29 is 4.74 Å². The molecule has 0 atom stereocenters. The highest BCUT2D eigenvalue weighted by molar-refractivity contribution is 7.99. The van der Waals surface area contributed by atoms with Crippen LogP contribution in [0.15, 0.2) is 23.1 Å². The van der Waals surface area contributed by atoms with Crippen LogP contribution in [0, 0.1) is 5.92 Å². The molecule has 2 nitrogen and oxygen atoms in total. The van der Waals surface area contributed by atoms with Crippen LogP contribution in [0.1, 0.15) is 25.8 Å². The third kappa shape index (κ3) is 7.21. The Bertz CT molecular complexity index is 371. The van der Waals surface area contributed by atoms with Crippen LogP contribution in [-0.2, 0) is 11.3 Å². The molecule has 1 N–H and O–H groups in total. The van der Waals surface area contributed by atoms with Gasteiger partial charge in [0.25, 0.3) is 0 Å². The van der Waals surface area contributed by atoms with Crippen LogP contribution in [0.2, 0.25) is 5.02 Å². The molecule has 0 heterocycles. The zero-order valence-corrected chi connectivity index (χ0v) is 13.6. The molecule has 0 aliphatic heterocycles. The Morgan fingerprint density at radius 1 is 1.37 bits per heavy atom. The van der Waals surface area contributed by atoms with Gasteiger partial charge >= 0.3 is 0 Å². The van der Waals surface area contributed by atoms with Gasteiger partial charge in [0.15, 0.2) is 0 Å². The van der Waals surface area contributed by atoms with Crippen LogP contribution in [0.4, 0.5) is 0 Å². The van der Waals surface area contributed by atoms with E-state index in [0.29, 0.717) is 5.92 Å². The van der Waals surface area contributed by atoms with Crippen molar-refractivity contribution in [2.24, 2.45) is 5.92 Å². The summed E-state index contributed by atoms with van der Waals surface area (Å²) in [4.78, 5) is 1.28.